The molecule has 1 saturated heterocycles. The highest BCUT2D eigenvalue weighted by atomic mass is 16.6. The monoisotopic (exact) mass is 400 g/mol. The number of nitrogens with two attached hydrogens (primary N) is 1. The molecule has 10 heteroatoms. The average Bonchev–Trinajstić information content (AvgIpc) is 3.28. The first-order valence-corrected chi connectivity index (χ1v) is 9.47. The minimum Gasteiger partial charge on any atom is -0.394 e. The predicted octanol–water partition coefficient (Wildman–Crippen LogP) is 0.583. The van der Waals surface area contributed by atoms with Gasteiger partial charge in [-0.3, -0.25) is 4.57 Å². The van der Waals surface area contributed by atoms with Crippen LogP contribution in [0.15, 0.2) is 36.7 Å². The number of nitrogen functional groups attached to an aromatic ring is 1. The van der Waals surface area contributed by atoms with Crippen LogP contribution in [-0.4, -0.2) is 59.8 Å². The maximum absolute atomic E-state index is 10.3. The largest absolute Gasteiger partial charge is 0.394 e. The third-order valence-corrected chi connectivity index (χ3v) is 5.15. The summed E-state index contributed by atoms with van der Waals surface area (Å²) in [4.78, 5) is 13.1. The first-order valence-electron chi connectivity index (χ1n) is 9.47. The van der Waals surface area contributed by atoms with Gasteiger partial charge in [-0.2, -0.15) is 9.97 Å². The normalized spacial score (nSPS) is 25.4. The number of imidazole rings is 1. The smallest absolute Gasteiger partial charge is 0.227 e. The highest BCUT2D eigenvalue weighted by molar-refractivity contribution is 5.83. The molecule has 10 nitrogen and oxygen atoms in total. The van der Waals surface area contributed by atoms with Crippen molar-refractivity contribution >= 4 is 22.9 Å². The van der Waals surface area contributed by atoms with Gasteiger partial charge in [0.15, 0.2) is 17.7 Å². The Labute approximate surface area is 167 Å². The van der Waals surface area contributed by atoms with Crippen LogP contribution in [0.25, 0.3) is 11.2 Å². The summed E-state index contributed by atoms with van der Waals surface area (Å²) in [6, 6.07) is 9.91. The van der Waals surface area contributed by atoms with Crippen LogP contribution in [0.5, 0.6) is 0 Å². The quantitative estimate of drug-likeness (QED) is 0.400. The molecular formula is C19H24N6O4. The molecule has 3 aromatic rings. The lowest BCUT2D eigenvalue weighted by Crippen LogP contribution is -2.33. The molecule has 5 atom stereocenters. The molecule has 0 amide bonds. The van der Waals surface area contributed by atoms with E-state index in [-0.39, 0.29) is 11.9 Å². The van der Waals surface area contributed by atoms with Crippen LogP contribution in [0.1, 0.15) is 31.2 Å². The number of rotatable bonds is 6. The van der Waals surface area contributed by atoms with Crippen molar-refractivity contribution in [3.05, 3.63) is 42.2 Å². The highest BCUT2D eigenvalue weighted by Gasteiger charge is 2.44. The maximum Gasteiger partial charge on any atom is 0.227 e. The first kappa shape index (κ1) is 19.5. The predicted molar refractivity (Wildman–Crippen MR) is 106 cm³/mol. The summed E-state index contributed by atoms with van der Waals surface area (Å²) in [5.41, 5.74) is 7.89. The number of aromatic nitrogens is 4. The van der Waals surface area contributed by atoms with Crippen LogP contribution in [0.2, 0.25) is 0 Å². The van der Waals surface area contributed by atoms with Crippen molar-refractivity contribution in [3.8, 4) is 0 Å². The molecule has 0 unspecified atom stereocenters. The molecule has 154 valence electrons. The molecule has 1 aliphatic rings. The van der Waals surface area contributed by atoms with Crippen molar-refractivity contribution in [1.29, 1.82) is 0 Å². The van der Waals surface area contributed by atoms with Crippen LogP contribution >= 0.6 is 0 Å². The molecule has 4 rings (SSSR count). The van der Waals surface area contributed by atoms with E-state index in [1.54, 1.807) is 0 Å². The van der Waals surface area contributed by atoms with Crippen LogP contribution in [0.4, 0.5) is 11.8 Å². The Morgan fingerprint density at radius 3 is 2.62 bits per heavy atom. The molecule has 2 aromatic heterocycles. The van der Waals surface area contributed by atoms with Crippen molar-refractivity contribution < 1.29 is 20.1 Å². The van der Waals surface area contributed by atoms with E-state index in [4.69, 9.17) is 10.5 Å². The molecular weight excluding hydrogens is 376 g/mol. The number of hydrogen-bond donors (Lipinski definition) is 5. The van der Waals surface area contributed by atoms with Crippen LogP contribution in [0, 0.1) is 0 Å². The lowest BCUT2D eigenvalue weighted by Gasteiger charge is -2.19. The van der Waals surface area contributed by atoms with Gasteiger partial charge in [-0.25, -0.2) is 4.98 Å². The number of fused-ring (bicyclic) bond motifs is 1. The minimum absolute atomic E-state index is 0.0154. The van der Waals surface area contributed by atoms with Gasteiger partial charge < -0.3 is 31.1 Å². The molecule has 1 fully saturated rings. The van der Waals surface area contributed by atoms with E-state index in [0.717, 1.165) is 12.0 Å². The van der Waals surface area contributed by atoms with Crippen molar-refractivity contribution in [2.24, 2.45) is 0 Å². The molecule has 6 N–H and O–H groups in total. The second-order valence-corrected chi connectivity index (χ2v) is 7.00. The second kappa shape index (κ2) is 7.91. The van der Waals surface area contributed by atoms with Crippen molar-refractivity contribution in [1.82, 2.24) is 19.5 Å². The number of ether oxygens (including phenoxy) is 1. The number of aliphatic hydroxyl groups is 3. The van der Waals surface area contributed by atoms with E-state index in [0.29, 0.717) is 17.1 Å². The summed E-state index contributed by atoms with van der Waals surface area (Å²) in [6.07, 6.45) is -2.09. The Morgan fingerprint density at radius 1 is 1.21 bits per heavy atom. The summed E-state index contributed by atoms with van der Waals surface area (Å²) in [6.45, 7) is 1.64. The summed E-state index contributed by atoms with van der Waals surface area (Å²) >= 11 is 0. The van der Waals surface area contributed by atoms with Gasteiger partial charge in [0.05, 0.1) is 19.0 Å². The molecule has 1 aliphatic heterocycles. The Kier molecular flexibility index (Phi) is 5.33. The number of anilines is 2. The van der Waals surface area contributed by atoms with Gasteiger partial charge in [0, 0.05) is 0 Å². The van der Waals surface area contributed by atoms with Crippen LogP contribution in [-0.2, 0) is 4.74 Å². The van der Waals surface area contributed by atoms with Crippen LogP contribution in [0.3, 0.4) is 0 Å². The third-order valence-electron chi connectivity index (χ3n) is 5.15. The Hall–Kier alpha value is -2.79. The molecule has 3 heterocycles. The standard InChI is InChI=1S/C19H24N6O4/c1-2-11(10-6-4-3-5-7-10)22-19-23-16(20)13-17(24-19)25(9-21-13)18-15(28)14(27)12(8-26)29-18/h3-7,9,11-12,14-15,18,26-28H,2,8H2,1H3,(H3,20,22,23,24)/t11-,12+,14+,15+,18+/m0/s1. The van der Waals surface area contributed by atoms with Gasteiger partial charge in [0.1, 0.15) is 23.8 Å². The molecule has 0 saturated carbocycles. The number of nitrogens with one attached hydrogen (secondary N) is 1. The molecule has 0 spiro atoms. The topological polar surface area (TPSA) is 152 Å². The number of nitrogens with zero attached hydrogens (tertiary/aromatic N) is 4. The van der Waals surface area contributed by atoms with Gasteiger partial charge >= 0.3 is 0 Å². The Morgan fingerprint density at radius 2 is 1.97 bits per heavy atom. The van der Waals surface area contributed by atoms with Crippen molar-refractivity contribution in [2.75, 3.05) is 17.7 Å². The van der Waals surface area contributed by atoms with Gasteiger partial charge in [-0.05, 0) is 12.0 Å². The van der Waals surface area contributed by atoms with E-state index in [1.807, 2.05) is 30.3 Å². The van der Waals surface area contributed by atoms with E-state index >= 15 is 0 Å². The summed E-state index contributed by atoms with van der Waals surface area (Å²) in [5.74, 6) is 0.505. The zero-order valence-corrected chi connectivity index (χ0v) is 15.9. The average molecular weight is 400 g/mol. The van der Waals surface area contributed by atoms with E-state index in [2.05, 4.69) is 27.2 Å². The maximum atomic E-state index is 10.3. The first-order chi connectivity index (χ1) is 14.0. The lowest BCUT2D eigenvalue weighted by atomic mass is 10.1. The summed E-state index contributed by atoms with van der Waals surface area (Å²) in [7, 11) is 0. The number of hydrogen-bond acceptors (Lipinski definition) is 9. The zero-order chi connectivity index (χ0) is 20.5. The van der Waals surface area contributed by atoms with E-state index < -0.39 is 31.1 Å². The molecule has 1 aromatic carbocycles. The number of aliphatic hydroxyl groups excluding tert-OH is 3. The molecule has 0 bridgehead atoms. The minimum atomic E-state index is -1.25. The fourth-order valence-corrected chi connectivity index (χ4v) is 3.56. The lowest BCUT2D eigenvalue weighted by molar-refractivity contribution is -0.0511. The highest BCUT2D eigenvalue weighted by Crippen LogP contribution is 2.32. The van der Waals surface area contributed by atoms with Crippen LogP contribution < -0.4 is 11.1 Å². The van der Waals surface area contributed by atoms with Crippen molar-refractivity contribution in [2.45, 2.75) is 43.9 Å². The number of benzene rings is 1. The molecule has 29 heavy (non-hydrogen) atoms. The van der Waals surface area contributed by atoms with Gasteiger partial charge in [0.25, 0.3) is 0 Å². The second-order valence-electron chi connectivity index (χ2n) is 7.00. The molecule has 0 aliphatic carbocycles. The Balaban J connectivity index is 1.68. The fraction of sp³-hybridized carbons (Fsp3) is 0.421. The van der Waals surface area contributed by atoms with Gasteiger partial charge in [-0.1, -0.05) is 37.3 Å². The SMILES string of the molecule is CC[C@H](Nc1nc(N)c2ncn([C@@H]3O[C@H](CO)[C@@H](O)[C@H]3O)c2n1)c1ccccc1. The van der Waals surface area contributed by atoms with Gasteiger partial charge in [0.2, 0.25) is 5.95 Å². The van der Waals surface area contributed by atoms with E-state index in [1.165, 1.54) is 10.9 Å². The summed E-state index contributed by atoms with van der Waals surface area (Å²) in [5, 5.41) is 33.0. The fourth-order valence-electron chi connectivity index (χ4n) is 3.56. The van der Waals surface area contributed by atoms with Crippen molar-refractivity contribution in [3.63, 3.8) is 0 Å². The molecule has 0 radical (unpaired) electrons. The van der Waals surface area contributed by atoms with E-state index in [9.17, 15) is 15.3 Å². The third kappa shape index (κ3) is 3.51. The summed E-state index contributed by atoms with van der Waals surface area (Å²) < 4.78 is 7.08. The Bertz CT molecular complexity index is 981. The van der Waals surface area contributed by atoms with Gasteiger partial charge in [-0.15, -0.1) is 0 Å². The zero-order valence-electron chi connectivity index (χ0n) is 15.9.